The molecule has 5 rings (SSSR count). The highest BCUT2D eigenvalue weighted by Gasteiger charge is 2.27. The fourth-order valence-corrected chi connectivity index (χ4v) is 4.82. The third kappa shape index (κ3) is 3.86. The summed E-state index contributed by atoms with van der Waals surface area (Å²) in [5.41, 5.74) is 4.33. The monoisotopic (exact) mass is 480 g/mol. The number of fused-ring (bicyclic) bond motifs is 2. The van der Waals surface area contributed by atoms with Crippen molar-refractivity contribution in [3.8, 4) is 5.69 Å². The molecule has 1 aliphatic rings. The van der Waals surface area contributed by atoms with Gasteiger partial charge in [0.05, 0.1) is 21.1 Å². The number of nitrogens with zero attached hydrogens (tertiary/aromatic N) is 4. The number of halogens is 2. The first-order chi connectivity index (χ1) is 15.7. The lowest BCUT2D eigenvalue weighted by Crippen LogP contribution is -2.42. The van der Waals surface area contributed by atoms with Gasteiger partial charge in [-0.3, -0.25) is 4.79 Å². The van der Waals surface area contributed by atoms with Crippen LogP contribution in [0.3, 0.4) is 0 Å². The minimum absolute atomic E-state index is 0.110. The second-order valence-electron chi connectivity index (χ2n) is 8.63. The maximum atomic E-state index is 13.2. The van der Waals surface area contributed by atoms with Crippen molar-refractivity contribution >= 4 is 45.7 Å². The van der Waals surface area contributed by atoms with Gasteiger partial charge in [0.1, 0.15) is 11.2 Å². The zero-order chi connectivity index (χ0) is 23.3. The zero-order valence-electron chi connectivity index (χ0n) is 18.4. The first-order valence-electron chi connectivity index (χ1n) is 10.6. The van der Waals surface area contributed by atoms with Gasteiger partial charge in [-0.25, -0.2) is 9.97 Å². The van der Waals surface area contributed by atoms with Crippen LogP contribution in [0.5, 0.6) is 0 Å². The molecule has 7 nitrogen and oxygen atoms in total. The molecule has 0 saturated carbocycles. The van der Waals surface area contributed by atoms with Crippen molar-refractivity contribution in [1.29, 1.82) is 0 Å². The van der Waals surface area contributed by atoms with Gasteiger partial charge in [0.25, 0.3) is 5.56 Å². The number of benzene rings is 2. The van der Waals surface area contributed by atoms with Gasteiger partial charge >= 0.3 is 0 Å². The van der Waals surface area contributed by atoms with Crippen molar-refractivity contribution in [3.05, 3.63) is 79.8 Å². The van der Waals surface area contributed by atoms with Crippen LogP contribution < -0.4 is 16.2 Å². The molecule has 0 amide bonds. The SMILES string of the molecule is Cc1nn(-c2c(Cl)cccc2Cl)c(=O)c2cnc(Nc3ccc4c(c3)C(C)(C)NCC4)nc12. The van der Waals surface area contributed by atoms with E-state index in [1.807, 2.05) is 6.07 Å². The fourth-order valence-electron chi connectivity index (χ4n) is 4.26. The second-order valence-corrected chi connectivity index (χ2v) is 9.44. The topological polar surface area (TPSA) is 84.7 Å². The van der Waals surface area contributed by atoms with Gasteiger partial charge in [-0.15, -0.1) is 0 Å². The van der Waals surface area contributed by atoms with Gasteiger partial charge in [0.15, 0.2) is 0 Å². The number of nitrogens with one attached hydrogen (secondary N) is 2. The van der Waals surface area contributed by atoms with E-state index in [1.54, 1.807) is 25.1 Å². The van der Waals surface area contributed by atoms with Gasteiger partial charge in [-0.1, -0.05) is 35.3 Å². The smallest absolute Gasteiger partial charge is 0.282 e. The molecule has 9 heteroatoms. The number of anilines is 2. The van der Waals surface area contributed by atoms with Crippen LogP contribution in [0.25, 0.3) is 16.6 Å². The normalized spacial score (nSPS) is 14.8. The summed E-state index contributed by atoms with van der Waals surface area (Å²) in [6.07, 6.45) is 2.50. The van der Waals surface area contributed by atoms with Crippen LogP contribution in [0.1, 0.15) is 30.7 Å². The number of hydrogen-bond acceptors (Lipinski definition) is 6. The Kier molecular flexibility index (Phi) is 5.35. The maximum Gasteiger partial charge on any atom is 0.282 e. The minimum Gasteiger partial charge on any atom is -0.324 e. The molecule has 4 aromatic rings. The minimum atomic E-state index is -0.390. The van der Waals surface area contributed by atoms with Crippen molar-refractivity contribution in [2.45, 2.75) is 32.7 Å². The molecule has 0 bridgehead atoms. The lowest BCUT2D eigenvalue weighted by molar-refractivity contribution is 0.382. The molecule has 0 saturated heterocycles. The van der Waals surface area contributed by atoms with E-state index in [1.165, 1.54) is 22.0 Å². The molecule has 3 heterocycles. The summed E-state index contributed by atoms with van der Waals surface area (Å²) >= 11 is 12.6. The molecule has 2 N–H and O–H groups in total. The number of hydrogen-bond donors (Lipinski definition) is 2. The molecular formula is C24H22Cl2N6O. The van der Waals surface area contributed by atoms with Crippen molar-refractivity contribution in [3.63, 3.8) is 0 Å². The largest absolute Gasteiger partial charge is 0.324 e. The number of aryl methyl sites for hydroxylation is 1. The highest BCUT2D eigenvalue weighted by Crippen LogP contribution is 2.31. The van der Waals surface area contributed by atoms with E-state index in [-0.39, 0.29) is 5.54 Å². The highest BCUT2D eigenvalue weighted by molar-refractivity contribution is 6.37. The predicted octanol–water partition coefficient (Wildman–Crippen LogP) is 4.92. The molecular weight excluding hydrogens is 459 g/mol. The van der Waals surface area contributed by atoms with Gasteiger partial charge in [0, 0.05) is 17.4 Å². The summed E-state index contributed by atoms with van der Waals surface area (Å²) < 4.78 is 1.21. The van der Waals surface area contributed by atoms with Crippen LogP contribution >= 0.6 is 23.2 Å². The van der Waals surface area contributed by atoms with Crippen LogP contribution in [0.2, 0.25) is 10.0 Å². The molecule has 1 aliphatic heterocycles. The molecule has 0 fully saturated rings. The Balaban J connectivity index is 1.55. The van der Waals surface area contributed by atoms with Crippen LogP contribution in [-0.2, 0) is 12.0 Å². The Hall–Kier alpha value is -3.00. The Bertz CT molecular complexity index is 1440. The zero-order valence-corrected chi connectivity index (χ0v) is 19.9. The van der Waals surface area contributed by atoms with E-state index >= 15 is 0 Å². The van der Waals surface area contributed by atoms with Crippen LogP contribution in [-0.4, -0.2) is 26.3 Å². The molecule has 0 radical (unpaired) electrons. The van der Waals surface area contributed by atoms with Gasteiger partial charge in [-0.05, 0) is 69.1 Å². The summed E-state index contributed by atoms with van der Waals surface area (Å²) in [6, 6.07) is 11.3. The second kappa shape index (κ2) is 8.09. The third-order valence-corrected chi connectivity index (χ3v) is 6.56. The quantitative estimate of drug-likeness (QED) is 0.433. The standard InChI is InChI=1S/C24H22Cl2N6O/c1-13-20-16(22(33)32(31-13)21-18(25)5-4-6-19(21)26)12-27-23(30-20)29-15-8-7-14-9-10-28-24(2,3)17(14)11-15/h4-8,11-12,28H,9-10H2,1-3H3,(H,27,29,30). The lowest BCUT2D eigenvalue weighted by atomic mass is 9.85. The van der Waals surface area contributed by atoms with Crippen LogP contribution in [0.4, 0.5) is 11.6 Å². The van der Waals surface area contributed by atoms with E-state index in [0.29, 0.717) is 38.3 Å². The molecule has 0 aliphatic carbocycles. The Morgan fingerprint density at radius 1 is 1.15 bits per heavy atom. The van der Waals surface area contributed by atoms with Crippen molar-refractivity contribution in [2.75, 3.05) is 11.9 Å². The predicted molar refractivity (Wildman–Crippen MR) is 132 cm³/mol. The summed E-state index contributed by atoms with van der Waals surface area (Å²) in [7, 11) is 0. The van der Waals surface area contributed by atoms with Gasteiger partial charge < -0.3 is 10.6 Å². The number of para-hydroxylation sites is 1. The molecule has 33 heavy (non-hydrogen) atoms. The fraction of sp³-hybridized carbons (Fsp3) is 0.250. The van der Waals surface area contributed by atoms with E-state index < -0.39 is 5.56 Å². The Morgan fingerprint density at radius 3 is 2.67 bits per heavy atom. The highest BCUT2D eigenvalue weighted by atomic mass is 35.5. The number of aromatic nitrogens is 4. The summed E-state index contributed by atoms with van der Waals surface area (Å²) in [4.78, 5) is 22.1. The summed E-state index contributed by atoms with van der Waals surface area (Å²) in [5.74, 6) is 0.391. The first-order valence-corrected chi connectivity index (χ1v) is 11.4. The Labute approximate surface area is 200 Å². The summed E-state index contributed by atoms with van der Waals surface area (Å²) in [6.45, 7) is 7.09. The van der Waals surface area contributed by atoms with Crippen molar-refractivity contribution < 1.29 is 0 Å². The van der Waals surface area contributed by atoms with Crippen LogP contribution in [0.15, 0.2) is 47.4 Å². The van der Waals surface area contributed by atoms with Crippen LogP contribution in [0, 0.1) is 6.92 Å². The molecule has 2 aromatic carbocycles. The molecule has 0 unspecified atom stereocenters. The first kappa shape index (κ1) is 21.8. The third-order valence-electron chi connectivity index (χ3n) is 5.95. The number of rotatable bonds is 3. The molecule has 2 aromatic heterocycles. The van der Waals surface area contributed by atoms with Crippen molar-refractivity contribution in [1.82, 2.24) is 25.1 Å². The lowest BCUT2D eigenvalue weighted by Gasteiger charge is -2.34. The van der Waals surface area contributed by atoms with E-state index in [2.05, 4.69) is 51.7 Å². The van der Waals surface area contributed by atoms with Crippen molar-refractivity contribution in [2.24, 2.45) is 0 Å². The van der Waals surface area contributed by atoms with E-state index in [0.717, 1.165) is 18.7 Å². The average Bonchev–Trinajstić information content (AvgIpc) is 2.77. The van der Waals surface area contributed by atoms with Gasteiger partial charge in [-0.2, -0.15) is 9.78 Å². The Morgan fingerprint density at radius 2 is 1.91 bits per heavy atom. The van der Waals surface area contributed by atoms with E-state index in [4.69, 9.17) is 23.2 Å². The van der Waals surface area contributed by atoms with E-state index in [9.17, 15) is 4.79 Å². The summed E-state index contributed by atoms with van der Waals surface area (Å²) in [5, 5.41) is 12.2. The maximum absolute atomic E-state index is 13.2. The van der Waals surface area contributed by atoms with Gasteiger partial charge in [0.2, 0.25) is 5.95 Å². The molecule has 0 atom stereocenters. The molecule has 0 spiro atoms. The molecule has 168 valence electrons. The average molecular weight is 481 g/mol.